The molecule has 0 saturated carbocycles. The molecule has 0 bridgehead atoms. The Hall–Kier alpha value is 1.37. The second-order valence-electron chi connectivity index (χ2n) is 1.96. The first-order valence-electron chi connectivity index (χ1n) is 3.49. The van der Waals surface area contributed by atoms with Crippen molar-refractivity contribution in [2.45, 2.75) is 13.8 Å². The Labute approximate surface area is 167 Å². The number of rotatable bonds is 2. The Balaban J connectivity index is -0.0000000252. The molecule has 0 aliphatic rings. The minimum Gasteiger partial charge on any atom is -0.481 e. The number of aliphatic carboxylic acids is 3. The predicted molar refractivity (Wildman–Crippen MR) is 48.2 cm³/mol. The zero-order valence-electron chi connectivity index (χ0n) is 11.3. The molecule has 7 nitrogen and oxygen atoms in total. The summed E-state index contributed by atoms with van der Waals surface area (Å²) in [5.41, 5.74) is 0. The van der Waals surface area contributed by atoms with Gasteiger partial charge in [-0.3, -0.25) is 14.4 Å². The maximum atomic E-state index is 9.54. The average Bonchev–Trinajstić information content (AvgIpc) is 1.82. The van der Waals surface area contributed by atoms with E-state index in [1.54, 1.807) is 7.05 Å². The monoisotopic (exact) mass is 278 g/mol. The molecule has 0 amide bonds. The molecule has 4 N–H and O–H groups in total. The van der Waals surface area contributed by atoms with Crippen molar-refractivity contribution in [1.82, 2.24) is 5.32 Å². The van der Waals surface area contributed by atoms with Crippen LogP contribution >= 0.6 is 0 Å². The van der Waals surface area contributed by atoms with Crippen molar-refractivity contribution in [2.24, 2.45) is 0 Å². The fraction of sp³-hybridized carbons (Fsp3) is 0.571. The Kier molecular flexibility index (Phi) is 64.8. The number of likely N-dealkylation sites (N-methyl/N-ethyl adjacent to an activating group) is 1. The molecule has 0 rings (SSSR count). The standard InChI is InChI=1S/C3H7NO2.2C2H4O2.3Na/c1-4-2-3(5)6;2*1-2(3)4;;;/h4H,2H2,1H3,(H,5,6);2*1H3,(H,3,4);;;/q;;;3*+1. The van der Waals surface area contributed by atoms with Crippen molar-refractivity contribution in [3.05, 3.63) is 0 Å². The molecule has 0 atom stereocenters. The fourth-order valence-corrected chi connectivity index (χ4v) is 0.151. The maximum absolute atomic E-state index is 9.54. The van der Waals surface area contributed by atoms with Gasteiger partial charge in [0.1, 0.15) is 0 Å². The molecule has 0 radical (unpaired) electrons. The second-order valence-corrected chi connectivity index (χ2v) is 1.96. The van der Waals surface area contributed by atoms with Crippen LogP contribution in [0.1, 0.15) is 13.8 Å². The van der Waals surface area contributed by atoms with Crippen LogP contribution < -0.4 is 94.0 Å². The van der Waals surface area contributed by atoms with Gasteiger partial charge in [-0.2, -0.15) is 0 Å². The molecule has 0 saturated heterocycles. The van der Waals surface area contributed by atoms with Crippen molar-refractivity contribution in [2.75, 3.05) is 13.6 Å². The van der Waals surface area contributed by atoms with Gasteiger partial charge in [0.05, 0.1) is 6.54 Å². The summed E-state index contributed by atoms with van der Waals surface area (Å²) in [5, 5.41) is 25.2. The van der Waals surface area contributed by atoms with Gasteiger partial charge in [-0.05, 0) is 7.05 Å². The minimum atomic E-state index is -0.833. The number of hydrogen-bond acceptors (Lipinski definition) is 4. The fourth-order valence-electron chi connectivity index (χ4n) is 0.151. The van der Waals surface area contributed by atoms with Crippen LogP contribution in [0, 0.1) is 0 Å². The van der Waals surface area contributed by atoms with Crippen LogP contribution in [0.25, 0.3) is 0 Å². The largest absolute Gasteiger partial charge is 1.00 e. The van der Waals surface area contributed by atoms with Crippen LogP contribution in [-0.2, 0) is 14.4 Å². The van der Waals surface area contributed by atoms with Crippen molar-refractivity contribution >= 4 is 17.9 Å². The van der Waals surface area contributed by atoms with Gasteiger partial charge in [0, 0.05) is 13.8 Å². The topological polar surface area (TPSA) is 124 Å². The van der Waals surface area contributed by atoms with Gasteiger partial charge in [-0.25, -0.2) is 0 Å². The Morgan fingerprint density at radius 1 is 0.882 bits per heavy atom. The van der Waals surface area contributed by atoms with Gasteiger partial charge in [0.25, 0.3) is 11.9 Å². The van der Waals surface area contributed by atoms with E-state index in [2.05, 4.69) is 5.32 Å². The van der Waals surface area contributed by atoms with Crippen LogP contribution in [-0.4, -0.2) is 46.8 Å². The van der Waals surface area contributed by atoms with E-state index in [-0.39, 0.29) is 95.2 Å². The van der Waals surface area contributed by atoms with Crippen LogP contribution in [0.5, 0.6) is 0 Å². The molecule has 0 heterocycles. The summed E-state index contributed by atoms with van der Waals surface area (Å²) in [4.78, 5) is 27.5. The minimum absolute atomic E-state index is 0. The molecule has 0 unspecified atom stereocenters. The van der Waals surface area contributed by atoms with E-state index in [4.69, 9.17) is 24.9 Å². The summed E-state index contributed by atoms with van der Waals surface area (Å²) in [6.45, 7) is 2.21. The average molecular weight is 278 g/mol. The van der Waals surface area contributed by atoms with E-state index in [1.807, 2.05) is 0 Å². The summed E-state index contributed by atoms with van der Waals surface area (Å²) in [6.07, 6.45) is 0. The van der Waals surface area contributed by atoms with E-state index in [9.17, 15) is 4.79 Å². The Bertz CT molecular complexity index is 170. The summed E-state index contributed by atoms with van der Waals surface area (Å²) in [7, 11) is 1.59. The molecule has 17 heavy (non-hydrogen) atoms. The van der Waals surface area contributed by atoms with Gasteiger partial charge in [0.2, 0.25) is 0 Å². The molecule has 0 fully saturated rings. The number of carboxylic acids is 3. The summed E-state index contributed by atoms with van der Waals surface area (Å²) in [5.74, 6) is -2.49. The van der Waals surface area contributed by atoms with E-state index < -0.39 is 17.9 Å². The van der Waals surface area contributed by atoms with Crippen molar-refractivity contribution in [3.8, 4) is 0 Å². The van der Waals surface area contributed by atoms with E-state index in [1.165, 1.54) is 0 Å². The third-order valence-corrected chi connectivity index (χ3v) is 0.328. The summed E-state index contributed by atoms with van der Waals surface area (Å²) >= 11 is 0. The molecular weight excluding hydrogens is 263 g/mol. The van der Waals surface area contributed by atoms with Crippen LogP contribution in [0.4, 0.5) is 0 Å². The molecular formula is C7H15NNa3O6+3. The van der Waals surface area contributed by atoms with E-state index in [0.29, 0.717) is 0 Å². The van der Waals surface area contributed by atoms with Crippen LogP contribution in [0.15, 0.2) is 0 Å². The van der Waals surface area contributed by atoms with Gasteiger partial charge in [-0.15, -0.1) is 0 Å². The molecule has 84 valence electrons. The predicted octanol–water partition coefficient (Wildman–Crippen LogP) is -9.52. The zero-order valence-corrected chi connectivity index (χ0v) is 17.3. The smallest absolute Gasteiger partial charge is 0.481 e. The van der Waals surface area contributed by atoms with Gasteiger partial charge < -0.3 is 20.6 Å². The molecule has 0 aliphatic heterocycles. The normalized spacial score (nSPS) is 5.82. The number of hydrogen-bond donors (Lipinski definition) is 4. The zero-order chi connectivity index (χ0) is 12.1. The van der Waals surface area contributed by atoms with Crippen LogP contribution in [0.3, 0.4) is 0 Å². The first-order chi connectivity index (χ1) is 6.23. The quantitative estimate of drug-likeness (QED) is 0.370. The Morgan fingerprint density at radius 2 is 1.06 bits per heavy atom. The number of carboxylic acid groups (broad SMARTS) is 3. The summed E-state index contributed by atoms with van der Waals surface area (Å²) in [6, 6.07) is 0. The van der Waals surface area contributed by atoms with Crippen molar-refractivity contribution in [1.29, 1.82) is 0 Å². The van der Waals surface area contributed by atoms with Crippen LogP contribution in [0.2, 0.25) is 0 Å². The SMILES string of the molecule is CC(=O)O.CC(=O)O.CNCC(=O)O.[Na+].[Na+].[Na+]. The van der Waals surface area contributed by atoms with Gasteiger partial charge >= 0.3 is 94.6 Å². The van der Waals surface area contributed by atoms with Gasteiger partial charge in [-0.1, -0.05) is 0 Å². The first kappa shape index (κ1) is 36.2. The molecule has 0 aromatic rings. The molecule has 0 aliphatic carbocycles. The van der Waals surface area contributed by atoms with Crippen molar-refractivity contribution < 1.29 is 118 Å². The number of carbonyl (C=O) groups is 3. The van der Waals surface area contributed by atoms with Gasteiger partial charge in [0.15, 0.2) is 0 Å². The Morgan fingerprint density at radius 3 is 1.06 bits per heavy atom. The molecule has 0 aromatic heterocycles. The summed E-state index contributed by atoms with van der Waals surface area (Å²) < 4.78 is 0. The second kappa shape index (κ2) is 30.4. The first-order valence-corrected chi connectivity index (χ1v) is 3.49. The molecule has 0 aromatic carbocycles. The maximum Gasteiger partial charge on any atom is 1.00 e. The van der Waals surface area contributed by atoms with Crippen molar-refractivity contribution in [3.63, 3.8) is 0 Å². The third kappa shape index (κ3) is 215. The molecule has 0 spiro atoms. The van der Waals surface area contributed by atoms with E-state index in [0.717, 1.165) is 13.8 Å². The molecule has 10 heteroatoms. The third-order valence-electron chi connectivity index (χ3n) is 0.328. The van der Waals surface area contributed by atoms with E-state index >= 15 is 0 Å². The number of nitrogens with one attached hydrogen (secondary N) is 1.